The van der Waals surface area contributed by atoms with Crippen molar-refractivity contribution < 1.29 is 9.59 Å². The fourth-order valence-electron chi connectivity index (χ4n) is 3.77. The molecule has 2 aliphatic rings. The first-order chi connectivity index (χ1) is 12.0. The van der Waals surface area contributed by atoms with E-state index < -0.39 is 0 Å². The second kappa shape index (κ2) is 8.09. The number of nitrogens with one attached hydrogen (secondary N) is 1. The fraction of sp³-hybridized carbons (Fsp3) is 0.579. The van der Waals surface area contributed by atoms with Crippen LogP contribution in [-0.2, 0) is 4.79 Å². The molecule has 6 heteroatoms. The van der Waals surface area contributed by atoms with Crippen LogP contribution in [0.4, 0.5) is 10.5 Å². The van der Waals surface area contributed by atoms with E-state index in [0.717, 1.165) is 63.0 Å². The van der Waals surface area contributed by atoms with Gasteiger partial charge in [-0.1, -0.05) is 11.6 Å². The van der Waals surface area contributed by atoms with Gasteiger partial charge in [0.1, 0.15) is 0 Å². The number of benzene rings is 1. The lowest BCUT2D eigenvalue weighted by Gasteiger charge is -2.36. The van der Waals surface area contributed by atoms with Gasteiger partial charge >= 0.3 is 6.03 Å². The minimum atomic E-state index is -0.0529. The van der Waals surface area contributed by atoms with Gasteiger partial charge in [-0.15, -0.1) is 0 Å². The highest BCUT2D eigenvalue weighted by Gasteiger charge is 2.28. The van der Waals surface area contributed by atoms with E-state index in [-0.39, 0.29) is 18.0 Å². The van der Waals surface area contributed by atoms with Crippen molar-refractivity contribution in [2.24, 2.45) is 0 Å². The molecule has 5 nitrogen and oxygen atoms in total. The van der Waals surface area contributed by atoms with E-state index >= 15 is 0 Å². The van der Waals surface area contributed by atoms with Gasteiger partial charge < -0.3 is 15.1 Å². The molecule has 1 atom stereocenters. The number of hydrogen-bond donors (Lipinski definition) is 1. The SMILES string of the molecule is Cc1cc(Cl)ccc1NC(=O)N1CCCC[C@@H]1CCN1CCCC1=O. The summed E-state index contributed by atoms with van der Waals surface area (Å²) >= 11 is 5.99. The predicted octanol–water partition coefficient (Wildman–Crippen LogP) is 4.05. The Morgan fingerprint density at radius 2 is 2.12 bits per heavy atom. The van der Waals surface area contributed by atoms with Gasteiger partial charge in [-0.25, -0.2) is 4.79 Å². The quantitative estimate of drug-likeness (QED) is 0.877. The average Bonchev–Trinajstić information content (AvgIpc) is 3.01. The Hall–Kier alpha value is -1.75. The topological polar surface area (TPSA) is 52.7 Å². The summed E-state index contributed by atoms with van der Waals surface area (Å²) in [6, 6.07) is 5.63. The number of hydrogen-bond acceptors (Lipinski definition) is 2. The minimum absolute atomic E-state index is 0.0529. The van der Waals surface area contributed by atoms with Crippen molar-refractivity contribution in [1.29, 1.82) is 0 Å². The molecule has 3 amide bonds. The Morgan fingerprint density at radius 1 is 1.28 bits per heavy atom. The van der Waals surface area contributed by atoms with E-state index in [0.29, 0.717) is 11.4 Å². The number of urea groups is 1. The number of carbonyl (C=O) groups excluding carboxylic acids is 2. The Kier molecular flexibility index (Phi) is 5.84. The first-order valence-electron chi connectivity index (χ1n) is 9.16. The smallest absolute Gasteiger partial charge is 0.322 e. The molecule has 0 saturated carbocycles. The number of anilines is 1. The Bertz CT molecular complexity index is 650. The first-order valence-corrected chi connectivity index (χ1v) is 9.54. The monoisotopic (exact) mass is 363 g/mol. The van der Waals surface area contributed by atoms with E-state index in [1.165, 1.54) is 0 Å². The van der Waals surface area contributed by atoms with Crippen LogP contribution in [-0.4, -0.2) is 47.4 Å². The van der Waals surface area contributed by atoms with E-state index in [9.17, 15) is 9.59 Å². The van der Waals surface area contributed by atoms with Crippen LogP contribution < -0.4 is 5.32 Å². The van der Waals surface area contributed by atoms with Gasteiger partial charge in [0.05, 0.1) is 0 Å². The van der Waals surface area contributed by atoms with Crippen LogP contribution in [0.5, 0.6) is 0 Å². The zero-order valence-corrected chi connectivity index (χ0v) is 15.5. The van der Waals surface area contributed by atoms with Crippen LogP contribution in [0.3, 0.4) is 0 Å². The number of rotatable bonds is 4. The molecule has 0 spiro atoms. The summed E-state index contributed by atoms with van der Waals surface area (Å²) in [6.07, 6.45) is 5.68. The molecule has 2 heterocycles. The third-order valence-electron chi connectivity index (χ3n) is 5.22. The lowest BCUT2D eigenvalue weighted by atomic mass is 9.99. The largest absolute Gasteiger partial charge is 0.343 e. The molecule has 0 aromatic heterocycles. The van der Waals surface area contributed by atoms with Crippen LogP contribution in [0.1, 0.15) is 44.1 Å². The lowest BCUT2D eigenvalue weighted by Crippen LogP contribution is -2.47. The van der Waals surface area contributed by atoms with Crippen LogP contribution in [0.15, 0.2) is 18.2 Å². The number of carbonyl (C=O) groups is 2. The minimum Gasteiger partial charge on any atom is -0.343 e. The summed E-state index contributed by atoms with van der Waals surface area (Å²) in [5, 5.41) is 3.69. The third kappa shape index (κ3) is 4.46. The van der Waals surface area contributed by atoms with Crippen LogP contribution in [0.25, 0.3) is 0 Å². The van der Waals surface area contributed by atoms with E-state index in [4.69, 9.17) is 11.6 Å². The molecule has 2 fully saturated rings. The van der Waals surface area contributed by atoms with Crippen molar-refractivity contribution in [3.63, 3.8) is 0 Å². The number of nitrogens with zero attached hydrogens (tertiary/aromatic N) is 2. The zero-order chi connectivity index (χ0) is 17.8. The van der Waals surface area contributed by atoms with Gasteiger partial charge in [0.15, 0.2) is 0 Å². The Balaban J connectivity index is 1.61. The molecule has 25 heavy (non-hydrogen) atoms. The highest BCUT2D eigenvalue weighted by atomic mass is 35.5. The number of amides is 3. The zero-order valence-electron chi connectivity index (χ0n) is 14.8. The number of aryl methyl sites for hydroxylation is 1. The number of halogens is 1. The average molecular weight is 364 g/mol. The van der Waals surface area contributed by atoms with Crippen molar-refractivity contribution in [3.05, 3.63) is 28.8 Å². The molecule has 1 aromatic carbocycles. The number of likely N-dealkylation sites (tertiary alicyclic amines) is 2. The van der Waals surface area contributed by atoms with Crippen LogP contribution in [0, 0.1) is 6.92 Å². The molecular weight excluding hydrogens is 338 g/mol. The maximum absolute atomic E-state index is 12.8. The fourth-order valence-corrected chi connectivity index (χ4v) is 3.99. The summed E-state index contributed by atoms with van der Waals surface area (Å²) < 4.78 is 0. The molecule has 3 rings (SSSR count). The molecule has 0 radical (unpaired) electrons. The van der Waals surface area contributed by atoms with Gasteiger partial charge in [0, 0.05) is 42.8 Å². The Morgan fingerprint density at radius 3 is 2.84 bits per heavy atom. The standard InChI is InChI=1S/C19H26ClN3O2/c1-14-13-15(20)7-8-17(14)21-19(25)23-11-3-2-5-16(23)9-12-22-10-4-6-18(22)24/h7-8,13,16H,2-6,9-12H2,1H3,(H,21,25)/t16-/m1/s1. The van der Waals surface area contributed by atoms with E-state index in [1.54, 1.807) is 6.07 Å². The van der Waals surface area contributed by atoms with Gasteiger partial charge in [0.25, 0.3) is 0 Å². The molecular formula is C19H26ClN3O2. The highest BCUT2D eigenvalue weighted by molar-refractivity contribution is 6.30. The summed E-state index contributed by atoms with van der Waals surface area (Å²) in [7, 11) is 0. The van der Waals surface area contributed by atoms with Gasteiger partial charge in [0.2, 0.25) is 5.91 Å². The first kappa shape index (κ1) is 18.1. The van der Waals surface area contributed by atoms with Gasteiger partial charge in [-0.2, -0.15) is 0 Å². The van der Waals surface area contributed by atoms with Crippen LogP contribution >= 0.6 is 11.6 Å². The second-order valence-electron chi connectivity index (χ2n) is 7.01. The second-order valence-corrected chi connectivity index (χ2v) is 7.44. The molecule has 0 aliphatic carbocycles. The van der Waals surface area contributed by atoms with Gasteiger partial charge in [-0.05, 0) is 62.8 Å². The molecule has 136 valence electrons. The van der Waals surface area contributed by atoms with E-state index in [1.807, 2.05) is 28.9 Å². The molecule has 0 bridgehead atoms. The molecule has 2 saturated heterocycles. The molecule has 0 unspecified atom stereocenters. The number of piperidine rings is 1. The lowest BCUT2D eigenvalue weighted by molar-refractivity contribution is -0.127. The predicted molar refractivity (Wildman–Crippen MR) is 100.0 cm³/mol. The maximum atomic E-state index is 12.8. The van der Waals surface area contributed by atoms with Gasteiger partial charge in [-0.3, -0.25) is 4.79 Å². The molecule has 1 N–H and O–H groups in total. The summed E-state index contributed by atoms with van der Waals surface area (Å²) in [4.78, 5) is 28.4. The summed E-state index contributed by atoms with van der Waals surface area (Å²) in [5.41, 5.74) is 1.76. The molecule has 1 aromatic rings. The summed E-state index contributed by atoms with van der Waals surface area (Å²) in [6.45, 7) is 4.33. The van der Waals surface area contributed by atoms with Crippen molar-refractivity contribution in [3.8, 4) is 0 Å². The van der Waals surface area contributed by atoms with Crippen molar-refractivity contribution in [2.45, 2.75) is 51.5 Å². The van der Waals surface area contributed by atoms with Crippen LogP contribution in [0.2, 0.25) is 5.02 Å². The molecule has 2 aliphatic heterocycles. The van der Waals surface area contributed by atoms with Crippen molar-refractivity contribution in [2.75, 3.05) is 25.0 Å². The van der Waals surface area contributed by atoms with E-state index in [2.05, 4.69) is 5.32 Å². The normalized spacial score (nSPS) is 20.9. The maximum Gasteiger partial charge on any atom is 0.322 e. The highest BCUT2D eigenvalue weighted by Crippen LogP contribution is 2.24. The Labute approximate surface area is 154 Å². The third-order valence-corrected chi connectivity index (χ3v) is 5.46. The van der Waals surface area contributed by atoms with Crippen molar-refractivity contribution in [1.82, 2.24) is 9.80 Å². The summed E-state index contributed by atoms with van der Waals surface area (Å²) in [5.74, 6) is 0.253. The van der Waals surface area contributed by atoms with Crippen molar-refractivity contribution >= 4 is 29.2 Å².